The van der Waals surface area contributed by atoms with Crippen molar-refractivity contribution >= 4 is 10.1 Å². The smallest absolute Gasteiger partial charge is 0.300 e. The molecule has 9 heteroatoms. The van der Waals surface area contributed by atoms with Crippen molar-refractivity contribution in [3.63, 3.8) is 0 Å². The summed E-state index contributed by atoms with van der Waals surface area (Å²) in [4.78, 5) is -2.10. The molecular formula is C13H12F4O4S. The van der Waals surface area contributed by atoms with Gasteiger partial charge in [0, 0.05) is 0 Å². The van der Waals surface area contributed by atoms with Crippen LogP contribution in [-0.2, 0) is 14.9 Å². The van der Waals surface area contributed by atoms with Crippen LogP contribution in [0.5, 0.6) is 0 Å². The third kappa shape index (κ3) is 3.30. The molecule has 1 aromatic rings. The fraction of sp³-hybridized carbons (Fsp3) is 0.231. The lowest BCUT2D eigenvalue weighted by molar-refractivity contribution is 0.130. The van der Waals surface area contributed by atoms with Gasteiger partial charge in [-0.15, -0.1) is 0 Å². The van der Waals surface area contributed by atoms with Crippen LogP contribution >= 0.6 is 0 Å². The lowest BCUT2D eigenvalue weighted by Gasteiger charge is -2.19. The third-order valence-corrected chi connectivity index (χ3v) is 3.59. The van der Waals surface area contributed by atoms with E-state index in [0.29, 0.717) is 5.57 Å². The van der Waals surface area contributed by atoms with E-state index < -0.39 is 49.9 Å². The molecule has 0 spiro atoms. The molecule has 122 valence electrons. The maximum Gasteiger partial charge on any atom is 0.300 e. The Bertz CT molecular complexity index is 727. The maximum absolute atomic E-state index is 13.8. The summed E-state index contributed by atoms with van der Waals surface area (Å²) in [6.07, 6.45) is -1.52. The first kappa shape index (κ1) is 18.2. The molecule has 1 N–H and O–H groups in total. The Morgan fingerprint density at radius 1 is 1.09 bits per heavy atom. The molecule has 1 unspecified atom stereocenters. The Morgan fingerprint density at radius 3 is 1.82 bits per heavy atom. The van der Waals surface area contributed by atoms with Gasteiger partial charge in [0.2, 0.25) is 0 Å². The van der Waals surface area contributed by atoms with E-state index in [9.17, 15) is 26.0 Å². The van der Waals surface area contributed by atoms with Crippen molar-refractivity contribution in [2.75, 3.05) is 0 Å². The normalized spacial score (nSPS) is 12.9. The van der Waals surface area contributed by atoms with Gasteiger partial charge in [-0.1, -0.05) is 13.2 Å². The average Bonchev–Trinajstić information content (AvgIpc) is 2.35. The number of halogens is 4. The van der Waals surface area contributed by atoms with Gasteiger partial charge in [-0.3, -0.25) is 4.55 Å². The molecule has 0 aromatic heterocycles. The van der Waals surface area contributed by atoms with E-state index in [1.165, 1.54) is 6.92 Å². The summed E-state index contributed by atoms with van der Waals surface area (Å²) in [5.41, 5.74) is -0.868. The van der Waals surface area contributed by atoms with Crippen LogP contribution in [0.1, 0.15) is 25.5 Å². The van der Waals surface area contributed by atoms with Crippen LogP contribution in [0.4, 0.5) is 17.6 Å². The zero-order valence-electron chi connectivity index (χ0n) is 11.6. The van der Waals surface area contributed by atoms with E-state index in [2.05, 4.69) is 13.2 Å². The molecule has 22 heavy (non-hydrogen) atoms. The van der Waals surface area contributed by atoms with Crippen molar-refractivity contribution in [2.45, 2.75) is 24.8 Å². The number of benzene rings is 1. The Hall–Kier alpha value is -1.87. The van der Waals surface area contributed by atoms with Crippen molar-refractivity contribution in [1.29, 1.82) is 0 Å². The molecule has 0 fully saturated rings. The summed E-state index contributed by atoms with van der Waals surface area (Å²) in [6.45, 7) is 9.39. The molecule has 0 radical (unpaired) electrons. The summed E-state index contributed by atoms with van der Waals surface area (Å²) in [6, 6.07) is 0. The summed E-state index contributed by atoms with van der Waals surface area (Å²) >= 11 is 0. The van der Waals surface area contributed by atoms with Crippen LogP contribution in [0.2, 0.25) is 0 Å². The highest BCUT2D eigenvalue weighted by molar-refractivity contribution is 7.85. The highest BCUT2D eigenvalue weighted by atomic mass is 32.2. The summed E-state index contributed by atoms with van der Waals surface area (Å²) in [5.74, 6) is -8.55. The van der Waals surface area contributed by atoms with Crippen LogP contribution in [0.25, 0.3) is 0 Å². The lowest BCUT2D eigenvalue weighted by Crippen LogP contribution is -2.15. The van der Waals surface area contributed by atoms with Gasteiger partial charge in [-0.05, 0) is 19.4 Å². The second-order valence-corrected chi connectivity index (χ2v) is 5.80. The van der Waals surface area contributed by atoms with Crippen molar-refractivity contribution in [3.8, 4) is 0 Å². The minimum atomic E-state index is -5.49. The van der Waals surface area contributed by atoms with Crippen LogP contribution in [0, 0.1) is 23.3 Å². The largest absolute Gasteiger partial charge is 0.486 e. The van der Waals surface area contributed by atoms with Crippen LogP contribution in [-0.4, -0.2) is 13.0 Å². The minimum absolute atomic E-state index is 0.0778. The lowest BCUT2D eigenvalue weighted by atomic mass is 10.1. The van der Waals surface area contributed by atoms with Gasteiger partial charge in [0.15, 0.2) is 28.2 Å². The van der Waals surface area contributed by atoms with Crippen LogP contribution in [0.15, 0.2) is 29.4 Å². The molecule has 0 saturated heterocycles. The number of hydrogen-bond acceptors (Lipinski definition) is 3. The number of rotatable bonds is 5. The Balaban J connectivity index is 3.53. The molecule has 1 atom stereocenters. The highest BCUT2D eigenvalue weighted by Gasteiger charge is 2.34. The summed E-state index contributed by atoms with van der Waals surface area (Å²) < 4.78 is 90.2. The van der Waals surface area contributed by atoms with Crippen LogP contribution in [0.3, 0.4) is 0 Å². The molecule has 0 heterocycles. The highest BCUT2D eigenvalue weighted by Crippen LogP contribution is 2.33. The second kappa shape index (κ2) is 6.09. The van der Waals surface area contributed by atoms with E-state index in [4.69, 9.17) is 9.29 Å². The quantitative estimate of drug-likeness (QED) is 0.292. The molecule has 0 aliphatic heterocycles. The van der Waals surface area contributed by atoms with Gasteiger partial charge >= 0.3 is 10.1 Å². The standard InChI is InChI=1S/C13H12F4O4S/c1-5(2)6(3)21-7(4)8-9(14)11(16)13(22(18,19)20)12(17)10(8)15/h7H,1,3H2,2,4H3,(H,18,19,20). The second-order valence-electron chi connectivity index (χ2n) is 4.44. The predicted octanol–water partition coefficient (Wildman–Crippen LogP) is 3.66. The maximum atomic E-state index is 13.8. The van der Waals surface area contributed by atoms with E-state index in [1.807, 2.05) is 0 Å². The number of allylic oxidation sites excluding steroid dienone is 1. The Kier molecular flexibility index (Phi) is 5.03. The third-order valence-electron chi connectivity index (χ3n) is 2.72. The molecule has 0 amide bonds. The zero-order chi connectivity index (χ0) is 17.4. The van der Waals surface area contributed by atoms with E-state index in [0.717, 1.165) is 6.92 Å². The van der Waals surface area contributed by atoms with Crippen molar-refractivity contribution < 1.29 is 35.3 Å². The fourth-order valence-electron chi connectivity index (χ4n) is 1.58. The van der Waals surface area contributed by atoms with Gasteiger partial charge < -0.3 is 4.74 Å². The first-order valence-electron chi connectivity index (χ1n) is 5.74. The molecule has 0 aliphatic carbocycles. The predicted molar refractivity (Wildman–Crippen MR) is 69.5 cm³/mol. The summed E-state index contributed by atoms with van der Waals surface area (Å²) in [7, 11) is -5.49. The monoisotopic (exact) mass is 340 g/mol. The molecule has 1 aromatic carbocycles. The molecule has 0 saturated carbocycles. The molecule has 0 bridgehead atoms. The average molecular weight is 340 g/mol. The van der Waals surface area contributed by atoms with Crippen molar-refractivity contribution in [2.24, 2.45) is 0 Å². The molecule has 0 aliphatic rings. The SMILES string of the molecule is C=C(C)C(=C)OC(C)c1c(F)c(F)c(S(=O)(=O)O)c(F)c1F. The van der Waals surface area contributed by atoms with Gasteiger partial charge in [-0.25, -0.2) is 17.6 Å². The summed E-state index contributed by atoms with van der Waals surface area (Å²) in [5, 5.41) is 0. The van der Waals surface area contributed by atoms with Crippen molar-refractivity contribution in [3.05, 3.63) is 53.3 Å². The fourth-order valence-corrected chi connectivity index (χ4v) is 2.22. The van der Waals surface area contributed by atoms with Gasteiger partial charge in [-0.2, -0.15) is 8.42 Å². The Labute approximate surface area is 124 Å². The van der Waals surface area contributed by atoms with E-state index in [-0.39, 0.29) is 5.76 Å². The van der Waals surface area contributed by atoms with Crippen LogP contribution < -0.4 is 0 Å². The van der Waals surface area contributed by atoms with Crippen molar-refractivity contribution in [1.82, 2.24) is 0 Å². The van der Waals surface area contributed by atoms with E-state index >= 15 is 0 Å². The van der Waals surface area contributed by atoms with E-state index in [1.54, 1.807) is 0 Å². The first-order valence-corrected chi connectivity index (χ1v) is 7.18. The molecule has 1 rings (SSSR count). The first-order chi connectivity index (χ1) is 9.89. The number of hydrogen-bond donors (Lipinski definition) is 1. The molecule has 4 nitrogen and oxygen atoms in total. The topological polar surface area (TPSA) is 63.6 Å². The number of ether oxygens (including phenoxy) is 1. The van der Waals surface area contributed by atoms with Gasteiger partial charge in [0.1, 0.15) is 11.9 Å². The minimum Gasteiger partial charge on any atom is -0.486 e. The Morgan fingerprint density at radius 2 is 1.50 bits per heavy atom. The molecular weight excluding hydrogens is 328 g/mol. The zero-order valence-corrected chi connectivity index (χ0v) is 12.4. The van der Waals surface area contributed by atoms with Gasteiger partial charge in [0.05, 0.1) is 5.56 Å². The van der Waals surface area contributed by atoms with Gasteiger partial charge in [0.25, 0.3) is 0 Å².